The molecular weight excluding hydrogens is 248 g/mol. The van der Waals surface area contributed by atoms with Gasteiger partial charge in [0.1, 0.15) is 0 Å². The van der Waals surface area contributed by atoms with Crippen LogP contribution < -0.4 is 11.1 Å². The Morgan fingerprint density at radius 2 is 1.95 bits per heavy atom. The zero-order valence-electron chi connectivity index (χ0n) is 11.9. The lowest BCUT2D eigenvalue weighted by Crippen LogP contribution is -2.35. The summed E-state index contributed by atoms with van der Waals surface area (Å²) >= 11 is 0. The number of nitrogens with one attached hydrogen (secondary N) is 1. The molecule has 1 atom stereocenters. The van der Waals surface area contributed by atoms with E-state index in [4.69, 9.17) is 5.73 Å². The van der Waals surface area contributed by atoms with Crippen molar-refractivity contribution in [3.63, 3.8) is 0 Å². The largest absolute Gasteiger partial charge is 0.370 e. The number of rotatable bonds is 7. The van der Waals surface area contributed by atoms with Crippen LogP contribution in [0.25, 0.3) is 10.8 Å². The maximum atomic E-state index is 11.2. The van der Waals surface area contributed by atoms with Gasteiger partial charge < -0.3 is 11.1 Å². The predicted octanol–water partition coefficient (Wildman–Crippen LogP) is 2.63. The summed E-state index contributed by atoms with van der Waals surface area (Å²) in [6, 6.07) is 14.9. The van der Waals surface area contributed by atoms with E-state index in [0.29, 0.717) is 6.42 Å². The van der Waals surface area contributed by atoms with Crippen LogP contribution in [0.4, 0.5) is 0 Å². The van der Waals surface area contributed by atoms with Gasteiger partial charge in [0.2, 0.25) is 5.91 Å². The van der Waals surface area contributed by atoms with Gasteiger partial charge in [-0.25, -0.2) is 0 Å². The van der Waals surface area contributed by atoms with Gasteiger partial charge >= 0.3 is 0 Å². The minimum Gasteiger partial charge on any atom is -0.370 e. The normalized spacial score (nSPS) is 12.4. The van der Waals surface area contributed by atoms with Gasteiger partial charge in [0.25, 0.3) is 0 Å². The first-order valence-corrected chi connectivity index (χ1v) is 7.18. The van der Waals surface area contributed by atoms with E-state index < -0.39 is 0 Å². The molecule has 2 aromatic rings. The zero-order chi connectivity index (χ0) is 14.4. The second kappa shape index (κ2) is 7.06. The van der Waals surface area contributed by atoms with Crippen molar-refractivity contribution in [2.45, 2.75) is 32.2 Å². The number of hydrogen-bond donors (Lipinski definition) is 2. The summed E-state index contributed by atoms with van der Waals surface area (Å²) in [5.41, 5.74) is 6.57. The summed E-state index contributed by atoms with van der Waals surface area (Å²) in [5.74, 6) is -0.251. The van der Waals surface area contributed by atoms with Crippen molar-refractivity contribution in [3.8, 4) is 0 Å². The van der Waals surface area contributed by atoms with E-state index >= 15 is 0 Å². The van der Waals surface area contributed by atoms with Gasteiger partial charge in [-0.15, -0.1) is 0 Å². The van der Waals surface area contributed by atoms with E-state index in [9.17, 15) is 4.79 Å². The number of benzene rings is 2. The van der Waals surface area contributed by atoms with Crippen molar-refractivity contribution in [2.24, 2.45) is 5.73 Å². The molecule has 0 aliphatic rings. The molecule has 0 heterocycles. The number of primary amides is 1. The summed E-state index contributed by atoms with van der Waals surface area (Å²) in [4.78, 5) is 11.2. The molecule has 106 valence electrons. The van der Waals surface area contributed by atoms with Crippen molar-refractivity contribution in [3.05, 3.63) is 48.0 Å². The average molecular weight is 270 g/mol. The first-order valence-electron chi connectivity index (χ1n) is 7.18. The molecule has 0 aromatic heterocycles. The highest BCUT2D eigenvalue weighted by molar-refractivity contribution is 5.83. The van der Waals surface area contributed by atoms with Gasteiger partial charge in [-0.2, -0.15) is 0 Å². The average Bonchev–Trinajstić information content (AvgIpc) is 2.44. The Morgan fingerprint density at radius 1 is 1.20 bits per heavy atom. The standard InChI is InChI=1S/C17H22N2O/c1-2-9-19-16(12-17(18)20)11-13-7-8-14-5-3-4-6-15(14)10-13/h3-8,10,16,19H,2,9,11-12H2,1H3,(H2,18,20)/t16-/m0/s1. The van der Waals surface area contributed by atoms with Crippen LogP contribution in [-0.4, -0.2) is 18.5 Å². The van der Waals surface area contributed by atoms with Crippen LogP contribution in [-0.2, 0) is 11.2 Å². The Kier molecular flexibility index (Phi) is 5.13. The minimum absolute atomic E-state index is 0.119. The van der Waals surface area contributed by atoms with Gasteiger partial charge in [-0.1, -0.05) is 49.4 Å². The molecule has 0 bridgehead atoms. The fourth-order valence-electron chi connectivity index (χ4n) is 2.46. The Morgan fingerprint density at radius 3 is 2.65 bits per heavy atom. The van der Waals surface area contributed by atoms with Crippen LogP contribution in [0, 0.1) is 0 Å². The molecule has 20 heavy (non-hydrogen) atoms. The fourth-order valence-corrected chi connectivity index (χ4v) is 2.46. The highest BCUT2D eigenvalue weighted by atomic mass is 16.1. The van der Waals surface area contributed by atoms with Gasteiger partial charge in [0.05, 0.1) is 0 Å². The summed E-state index contributed by atoms with van der Waals surface area (Å²) in [5, 5.41) is 5.87. The van der Waals surface area contributed by atoms with E-state index in [2.05, 4.69) is 42.6 Å². The quantitative estimate of drug-likeness (QED) is 0.812. The van der Waals surface area contributed by atoms with Crippen LogP contribution in [0.5, 0.6) is 0 Å². The number of nitrogens with two attached hydrogens (primary N) is 1. The molecule has 3 N–H and O–H groups in total. The van der Waals surface area contributed by atoms with Crippen LogP contribution in [0.15, 0.2) is 42.5 Å². The molecule has 0 saturated heterocycles. The number of carbonyl (C=O) groups is 1. The molecule has 2 rings (SSSR count). The van der Waals surface area contributed by atoms with Crippen molar-refractivity contribution >= 4 is 16.7 Å². The van der Waals surface area contributed by atoms with Crippen LogP contribution in [0.3, 0.4) is 0 Å². The molecular formula is C17H22N2O. The van der Waals surface area contributed by atoms with E-state index in [1.54, 1.807) is 0 Å². The molecule has 0 aliphatic heterocycles. The van der Waals surface area contributed by atoms with E-state index in [-0.39, 0.29) is 11.9 Å². The van der Waals surface area contributed by atoms with E-state index in [1.165, 1.54) is 16.3 Å². The molecule has 3 nitrogen and oxygen atoms in total. The first-order chi connectivity index (χ1) is 9.69. The maximum Gasteiger partial charge on any atom is 0.218 e. The SMILES string of the molecule is CCCN[C@H](CC(N)=O)Cc1ccc2ccccc2c1. The summed E-state index contributed by atoms with van der Waals surface area (Å²) in [7, 11) is 0. The summed E-state index contributed by atoms with van der Waals surface area (Å²) < 4.78 is 0. The number of hydrogen-bond acceptors (Lipinski definition) is 2. The van der Waals surface area contributed by atoms with Crippen molar-refractivity contribution in [1.82, 2.24) is 5.32 Å². The van der Waals surface area contributed by atoms with Crippen LogP contribution in [0.1, 0.15) is 25.3 Å². The maximum absolute atomic E-state index is 11.2. The predicted molar refractivity (Wildman–Crippen MR) is 83.5 cm³/mol. The molecule has 2 aromatic carbocycles. The Hall–Kier alpha value is -1.87. The number of fused-ring (bicyclic) bond motifs is 1. The molecule has 0 aliphatic carbocycles. The van der Waals surface area contributed by atoms with Gasteiger partial charge in [0.15, 0.2) is 0 Å². The lowest BCUT2D eigenvalue weighted by molar-refractivity contribution is -0.118. The monoisotopic (exact) mass is 270 g/mol. The van der Waals surface area contributed by atoms with Gasteiger partial charge in [-0.05, 0) is 35.7 Å². The molecule has 0 fully saturated rings. The number of carbonyl (C=O) groups excluding carboxylic acids is 1. The van der Waals surface area contributed by atoms with Crippen molar-refractivity contribution < 1.29 is 4.79 Å². The Labute approximate surface area is 120 Å². The molecule has 1 amide bonds. The van der Waals surface area contributed by atoms with E-state index in [0.717, 1.165) is 19.4 Å². The topological polar surface area (TPSA) is 55.1 Å². The second-order valence-electron chi connectivity index (χ2n) is 5.21. The van der Waals surface area contributed by atoms with Crippen LogP contribution >= 0.6 is 0 Å². The molecule has 3 heteroatoms. The smallest absolute Gasteiger partial charge is 0.218 e. The lowest BCUT2D eigenvalue weighted by Gasteiger charge is -2.17. The minimum atomic E-state index is -0.251. The van der Waals surface area contributed by atoms with Crippen LogP contribution in [0.2, 0.25) is 0 Å². The molecule has 0 spiro atoms. The molecule has 0 saturated carbocycles. The van der Waals surface area contributed by atoms with Crippen molar-refractivity contribution in [2.75, 3.05) is 6.54 Å². The summed E-state index contributed by atoms with van der Waals surface area (Å²) in [6.07, 6.45) is 2.26. The second-order valence-corrected chi connectivity index (χ2v) is 5.21. The summed E-state index contributed by atoms with van der Waals surface area (Å²) in [6.45, 7) is 3.02. The Balaban J connectivity index is 2.12. The highest BCUT2D eigenvalue weighted by Crippen LogP contribution is 2.17. The molecule has 0 radical (unpaired) electrons. The lowest BCUT2D eigenvalue weighted by atomic mass is 9.99. The molecule has 0 unspecified atom stereocenters. The van der Waals surface area contributed by atoms with Gasteiger partial charge in [-0.3, -0.25) is 4.79 Å². The third-order valence-electron chi connectivity index (χ3n) is 3.43. The first kappa shape index (κ1) is 14.5. The Bertz CT molecular complexity index is 580. The number of amides is 1. The van der Waals surface area contributed by atoms with Crippen molar-refractivity contribution in [1.29, 1.82) is 0 Å². The third-order valence-corrected chi connectivity index (χ3v) is 3.43. The zero-order valence-corrected chi connectivity index (χ0v) is 11.9. The third kappa shape index (κ3) is 4.07. The highest BCUT2D eigenvalue weighted by Gasteiger charge is 2.12. The fraction of sp³-hybridized carbons (Fsp3) is 0.353. The van der Waals surface area contributed by atoms with E-state index in [1.807, 2.05) is 12.1 Å². The van der Waals surface area contributed by atoms with Gasteiger partial charge in [0, 0.05) is 12.5 Å².